The summed E-state index contributed by atoms with van der Waals surface area (Å²) in [6.07, 6.45) is 1.34. The number of benzene rings is 1. The van der Waals surface area contributed by atoms with Crippen molar-refractivity contribution in [1.82, 2.24) is 5.32 Å². The lowest BCUT2D eigenvalue weighted by Gasteiger charge is -2.34. The minimum atomic E-state index is -0.793. The molecule has 1 rings (SSSR count). The summed E-state index contributed by atoms with van der Waals surface area (Å²) in [4.78, 5) is 12.3. The van der Waals surface area contributed by atoms with Crippen molar-refractivity contribution in [2.24, 2.45) is 0 Å². The number of amides is 1. The van der Waals surface area contributed by atoms with Crippen LogP contribution in [0.5, 0.6) is 0 Å². The number of nitrogens with one attached hydrogen (secondary N) is 1. The van der Waals surface area contributed by atoms with Crippen molar-refractivity contribution in [3.05, 3.63) is 48.6 Å². The van der Waals surface area contributed by atoms with Crippen molar-refractivity contribution in [3.8, 4) is 0 Å². The molecule has 0 saturated heterocycles. The second-order valence-electron chi connectivity index (χ2n) is 7.59. The maximum Gasteiger partial charge on any atom is 0.407 e. The maximum absolute atomic E-state index is 12.3. The lowest BCUT2D eigenvalue weighted by molar-refractivity contribution is -0.230. The summed E-state index contributed by atoms with van der Waals surface area (Å²) in [6, 6.07) is 9.57. The van der Waals surface area contributed by atoms with E-state index in [1.54, 1.807) is 6.08 Å². The summed E-state index contributed by atoms with van der Waals surface area (Å²) < 4.78 is 17.1. The first-order valence-electron chi connectivity index (χ1n) is 9.04. The Labute approximate surface area is 157 Å². The molecule has 0 bridgehead atoms. The van der Waals surface area contributed by atoms with Crippen LogP contribution in [0.2, 0.25) is 0 Å². The second kappa shape index (κ2) is 9.74. The number of alkyl carbamates (subject to hydrolysis) is 1. The average molecular weight is 363 g/mol. The van der Waals surface area contributed by atoms with E-state index in [1.807, 2.05) is 71.9 Å². The zero-order valence-corrected chi connectivity index (χ0v) is 16.9. The normalized spacial score (nSPS) is 14.4. The van der Waals surface area contributed by atoms with Crippen LogP contribution in [-0.2, 0) is 20.6 Å². The minimum Gasteiger partial charge on any atom is -0.444 e. The van der Waals surface area contributed by atoms with E-state index in [0.717, 1.165) is 5.56 Å². The zero-order valence-electron chi connectivity index (χ0n) is 16.9. The van der Waals surface area contributed by atoms with Crippen LogP contribution in [-0.4, -0.2) is 36.2 Å². The molecule has 1 aromatic rings. The van der Waals surface area contributed by atoms with Gasteiger partial charge in [-0.15, -0.1) is 6.58 Å². The largest absolute Gasteiger partial charge is 0.444 e. The highest BCUT2D eigenvalue weighted by molar-refractivity contribution is 5.68. The highest BCUT2D eigenvalue weighted by Gasteiger charge is 2.30. The maximum atomic E-state index is 12.3. The molecule has 0 saturated carbocycles. The van der Waals surface area contributed by atoms with Crippen LogP contribution in [0.25, 0.3) is 0 Å². The van der Waals surface area contributed by atoms with Crippen molar-refractivity contribution in [2.75, 3.05) is 6.61 Å². The van der Waals surface area contributed by atoms with Crippen molar-refractivity contribution in [1.29, 1.82) is 0 Å². The van der Waals surface area contributed by atoms with Gasteiger partial charge < -0.3 is 19.5 Å². The molecular weight excluding hydrogens is 330 g/mol. The van der Waals surface area contributed by atoms with Crippen molar-refractivity contribution in [3.63, 3.8) is 0 Å². The van der Waals surface area contributed by atoms with Gasteiger partial charge in [0.15, 0.2) is 5.79 Å². The molecule has 2 atom stereocenters. The molecule has 0 unspecified atom stereocenters. The standard InChI is InChI=1S/C21H33NO4/c1-8-18(25-21(6,7)24-9-2)17(15-16-13-11-10-12-14-16)22-19(23)26-20(3,4)5/h8,10-14,17-18H,1,9,15H2,2-7H3,(H,22,23)/t17-,18-/m1/s1. The molecular formula is C21H33NO4. The highest BCUT2D eigenvalue weighted by Crippen LogP contribution is 2.19. The average Bonchev–Trinajstić information content (AvgIpc) is 2.51. The summed E-state index contributed by atoms with van der Waals surface area (Å²) in [5.74, 6) is -0.793. The molecule has 0 aromatic heterocycles. The minimum absolute atomic E-state index is 0.343. The van der Waals surface area contributed by atoms with Gasteiger partial charge in [0.2, 0.25) is 0 Å². The van der Waals surface area contributed by atoms with E-state index >= 15 is 0 Å². The topological polar surface area (TPSA) is 56.8 Å². The lowest BCUT2D eigenvalue weighted by Crippen LogP contribution is -2.49. The molecule has 5 heteroatoms. The van der Waals surface area contributed by atoms with Crippen molar-refractivity contribution in [2.45, 2.75) is 71.5 Å². The van der Waals surface area contributed by atoms with Crippen LogP contribution >= 0.6 is 0 Å². The zero-order chi connectivity index (χ0) is 19.8. The molecule has 26 heavy (non-hydrogen) atoms. The lowest BCUT2D eigenvalue weighted by atomic mass is 10.0. The SMILES string of the molecule is C=C[C@@H](OC(C)(C)OCC)[C@@H](Cc1ccccc1)NC(=O)OC(C)(C)C. The van der Waals surface area contributed by atoms with Crippen LogP contribution in [0, 0.1) is 0 Å². The first-order valence-corrected chi connectivity index (χ1v) is 9.04. The van der Waals surface area contributed by atoms with Crippen LogP contribution in [0.4, 0.5) is 4.79 Å². The third-order valence-electron chi connectivity index (χ3n) is 3.54. The summed E-state index contributed by atoms with van der Waals surface area (Å²) in [6.45, 7) is 15.5. The smallest absolute Gasteiger partial charge is 0.407 e. The molecule has 146 valence electrons. The van der Waals surface area contributed by atoms with Gasteiger partial charge in [0.05, 0.1) is 12.1 Å². The Hall–Kier alpha value is -1.85. The molecule has 1 aromatic carbocycles. The fraction of sp³-hybridized carbons (Fsp3) is 0.571. The van der Waals surface area contributed by atoms with Gasteiger partial charge in [-0.3, -0.25) is 0 Å². The van der Waals surface area contributed by atoms with Gasteiger partial charge in [0, 0.05) is 6.61 Å². The molecule has 1 N–H and O–H groups in total. The molecule has 0 fully saturated rings. The number of carbonyl (C=O) groups excluding carboxylic acids is 1. The van der Waals surface area contributed by atoms with Gasteiger partial charge in [-0.2, -0.15) is 0 Å². The molecule has 0 aliphatic carbocycles. The third-order valence-corrected chi connectivity index (χ3v) is 3.54. The van der Waals surface area contributed by atoms with Gasteiger partial charge in [-0.25, -0.2) is 4.79 Å². The highest BCUT2D eigenvalue weighted by atomic mass is 16.7. The summed E-state index contributed by atoms with van der Waals surface area (Å²) in [5, 5.41) is 2.92. The Morgan fingerprint density at radius 2 is 1.81 bits per heavy atom. The molecule has 0 aliphatic rings. The Morgan fingerprint density at radius 1 is 1.19 bits per heavy atom. The molecule has 1 amide bonds. The van der Waals surface area contributed by atoms with Gasteiger partial charge in [-0.1, -0.05) is 36.4 Å². The monoisotopic (exact) mass is 363 g/mol. The number of carbonyl (C=O) groups is 1. The summed E-state index contributed by atoms with van der Waals surface area (Å²) >= 11 is 0. The Kier molecular flexibility index (Phi) is 8.31. The van der Waals surface area contributed by atoms with Crippen LogP contribution in [0.1, 0.15) is 47.1 Å². The predicted molar refractivity (Wildman–Crippen MR) is 104 cm³/mol. The van der Waals surface area contributed by atoms with Crippen LogP contribution in [0.3, 0.4) is 0 Å². The van der Waals surface area contributed by atoms with Crippen molar-refractivity contribution >= 4 is 6.09 Å². The van der Waals surface area contributed by atoms with Gasteiger partial charge in [-0.05, 0) is 53.5 Å². The first kappa shape index (κ1) is 22.2. The number of hydrogen-bond donors (Lipinski definition) is 1. The quantitative estimate of drug-likeness (QED) is 0.520. The Bertz CT molecular complexity index is 563. The molecule has 5 nitrogen and oxygen atoms in total. The van der Waals surface area contributed by atoms with Crippen LogP contribution < -0.4 is 5.32 Å². The number of ether oxygens (including phenoxy) is 3. The third kappa shape index (κ3) is 8.50. The van der Waals surface area contributed by atoms with E-state index in [2.05, 4.69) is 11.9 Å². The number of hydrogen-bond acceptors (Lipinski definition) is 4. The van der Waals surface area contributed by atoms with Gasteiger partial charge in [0.25, 0.3) is 0 Å². The Balaban J connectivity index is 2.96. The summed E-state index contributed by atoms with van der Waals surface area (Å²) in [5.41, 5.74) is 0.509. The fourth-order valence-corrected chi connectivity index (χ4v) is 2.58. The van der Waals surface area contributed by atoms with Gasteiger partial charge in [0.1, 0.15) is 5.60 Å². The predicted octanol–water partition coefficient (Wildman–Crippen LogP) is 4.47. The van der Waals surface area contributed by atoms with E-state index in [-0.39, 0.29) is 6.04 Å². The van der Waals surface area contributed by atoms with E-state index in [1.165, 1.54) is 0 Å². The van der Waals surface area contributed by atoms with Gasteiger partial charge >= 0.3 is 6.09 Å². The van der Waals surface area contributed by atoms with Crippen molar-refractivity contribution < 1.29 is 19.0 Å². The molecule has 0 heterocycles. The van der Waals surface area contributed by atoms with E-state index in [0.29, 0.717) is 13.0 Å². The first-order chi connectivity index (χ1) is 12.1. The van der Waals surface area contributed by atoms with E-state index < -0.39 is 23.6 Å². The van der Waals surface area contributed by atoms with E-state index in [4.69, 9.17) is 14.2 Å². The molecule has 0 aliphatic heterocycles. The molecule has 0 radical (unpaired) electrons. The second-order valence-corrected chi connectivity index (χ2v) is 7.59. The summed E-state index contributed by atoms with van der Waals surface area (Å²) in [7, 11) is 0. The van der Waals surface area contributed by atoms with E-state index in [9.17, 15) is 4.79 Å². The fourth-order valence-electron chi connectivity index (χ4n) is 2.58. The molecule has 0 spiro atoms. The Morgan fingerprint density at radius 3 is 2.31 bits per heavy atom. The number of rotatable bonds is 9. The van der Waals surface area contributed by atoms with Crippen LogP contribution in [0.15, 0.2) is 43.0 Å².